The molecule has 0 spiro atoms. The lowest BCUT2D eigenvalue weighted by atomic mass is 10.0. The normalized spacial score (nSPS) is 16.9. The van der Waals surface area contributed by atoms with Gasteiger partial charge in [-0.05, 0) is 19.3 Å². The summed E-state index contributed by atoms with van der Waals surface area (Å²) in [6.45, 7) is 2.93. The van der Waals surface area contributed by atoms with E-state index in [0.29, 0.717) is 19.1 Å². The second-order valence-corrected chi connectivity index (χ2v) is 5.04. The smallest absolute Gasteiger partial charge is 0.323 e. The summed E-state index contributed by atoms with van der Waals surface area (Å²) in [5.74, 6) is 5.90. The van der Waals surface area contributed by atoms with Crippen LogP contribution in [-0.2, 0) is 0 Å². The SMILES string of the molecule is CCCOc1nc(NN)nc(NCC2(O)CCCC2)n1. The topological polar surface area (TPSA) is 118 Å². The molecule has 0 saturated heterocycles. The van der Waals surface area contributed by atoms with Crippen LogP contribution in [0.3, 0.4) is 0 Å². The first kappa shape index (κ1) is 14.7. The monoisotopic (exact) mass is 282 g/mol. The lowest BCUT2D eigenvalue weighted by molar-refractivity contribution is 0.0612. The number of ether oxygens (including phenoxy) is 1. The fraction of sp³-hybridized carbons (Fsp3) is 0.750. The lowest BCUT2D eigenvalue weighted by Gasteiger charge is -2.22. The van der Waals surface area contributed by atoms with Gasteiger partial charge in [-0.2, -0.15) is 15.0 Å². The molecule has 0 aliphatic heterocycles. The molecule has 1 fully saturated rings. The molecule has 112 valence electrons. The Kier molecular flexibility index (Phi) is 4.91. The zero-order chi connectivity index (χ0) is 14.4. The summed E-state index contributed by atoms with van der Waals surface area (Å²) in [6.07, 6.45) is 4.56. The summed E-state index contributed by atoms with van der Waals surface area (Å²) in [4.78, 5) is 12.2. The number of nitrogen functional groups attached to an aromatic ring is 1. The summed E-state index contributed by atoms with van der Waals surface area (Å²) in [5.41, 5.74) is 1.70. The largest absolute Gasteiger partial charge is 0.463 e. The maximum absolute atomic E-state index is 10.3. The summed E-state index contributed by atoms with van der Waals surface area (Å²) in [5, 5.41) is 13.3. The molecule has 20 heavy (non-hydrogen) atoms. The minimum atomic E-state index is -0.673. The van der Waals surface area contributed by atoms with Crippen molar-refractivity contribution in [2.75, 3.05) is 23.9 Å². The van der Waals surface area contributed by atoms with Crippen molar-refractivity contribution >= 4 is 11.9 Å². The van der Waals surface area contributed by atoms with E-state index >= 15 is 0 Å². The molecule has 0 atom stereocenters. The first-order valence-electron chi connectivity index (χ1n) is 6.97. The molecule has 1 heterocycles. The molecule has 0 bridgehead atoms. The number of anilines is 2. The molecular weight excluding hydrogens is 260 g/mol. The van der Waals surface area contributed by atoms with Gasteiger partial charge in [-0.25, -0.2) is 5.84 Å². The van der Waals surface area contributed by atoms with Crippen LogP contribution >= 0.6 is 0 Å². The maximum atomic E-state index is 10.3. The Morgan fingerprint density at radius 2 is 1.95 bits per heavy atom. The molecule has 1 aromatic heterocycles. The Labute approximate surface area is 118 Å². The van der Waals surface area contributed by atoms with E-state index in [-0.39, 0.29) is 12.0 Å². The number of nitrogens with zero attached hydrogens (tertiary/aromatic N) is 3. The molecule has 1 aliphatic rings. The van der Waals surface area contributed by atoms with Crippen LogP contribution in [0.1, 0.15) is 39.0 Å². The Morgan fingerprint density at radius 3 is 2.60 bits per heavy atom. The molecule has 0 aromatic carbocycles. The first-order valence-corrected chi connectivity index (χ1v) is 6.97. The number of nitrogens with one attached hydrogen (secondary N) is 2. The highest BCUT2D eigenvalue weighted by molar-refractivity contribution is 5.35. The van der Waals surface area contributed by atoms with Crippen LogP contribution in [-0.4, -0.2) is 38.8 Å². The number of hydrazine groups is 1. The first-order chi connectivity index (χ1) is 9.65. The van der Waals surface area contributed by atoms with Gasteiger partial charge in [-0.15, -0.1) is 0 Å². The van der Waals surface area contributed by atoms with Gasteiger partial charge in [0.15, 0.2) is 0 Å². The third-order valence-corrected chi connectivity index (χ3v) is 3.29. The minimum Gasteiger partial charge on any atom is -0.463 e. The van der Waals surface area contributed by atoms with Crippen LogP contribution in [0, 0.1) is 0 Å². The van der Waals surface area contributed by atoms with Crippen LogP contribution in [0.15, 0.2) is 0 Å². The Bertz CT molecular complexity index is 436. The molecule has 1 aromatic rings. The zero-order valence-electron chi connectivity index (χ0n) is 11.7. The standard InChI is InChI=1S/C12H22N6O2/c1-2-7-20-11-16-9(15-10(17-11)18-13)14-8-12(19)5-3-4-6-12/h19H,2-8,13H2,1H3,(H2,14,15,16,17,18). The van der Waals surface area contributed by atoms with Gasteiger partial charge in [-0.1, -0.05) is 19.8 Å². The Morgan fingerprint density at radius 1 is 1.25 bits per heavy atom. The van der Waals surface area contributed by atoms with Gasteiger partial charge in [-0.3, -0.25) is 5.43 Å². The summed E-state index contributed by atoms with van der Waals surface area (Å²) >= 11 is 0. The maximum Gasteiger partial charge on any atom is 0.323 e. The second-order valence-electron chi connectivity index (χ2n) is 5.04. The van der Waals surface area contributed by atoms with E-state index in [1.807, 2.05) is 6.92 Å². The van der Waals surface area contributed by atoms with Gasteiger partial charge in [0.1, 0.15) is 0 Å². The van der Waals surface area contributed by atoms with Gasteiger partial charge >= 0.3 is 6.01 Å². The number of aliphatic hydroxyl groups is 1. The highest BCUT2D eigenvalue weighted by atomic mass is 16.5. The van der Waals surface area contributed by atoms with Crippen molar-refractivity contribution in [2.24, 2.45) is 5.84 Å². The van der Waals surface area contributed by atoms with Gasteiger partial charge < -0.3 is 15.2 Å². The summed E-state index contributed by atoms with van der Waals surface area (Å²) < 4.78 is 5.37. The van der Waals surface area contributed by atoms with E-state index in [1.54, 1.807) is 0 Å². The molecule has 1 saturated carbocycles. The van der Waals surface area contributed by atoms with Crippen LogP contribution in [0.5, 0.6) is 6.01 Å². The number of aromatic nitrogens is 3. The lowest BCUT2D eigenvalue weighted by Crippen LogP contribution is -2.34. The van der Waals surface area contributed by atoms with Gasteiger partial charge in [0.2, 0.25) is 11.9 Å². The van der Waals surface area contributed by atoms with Crippen LogP contribution in [0.25, 0.3) is 0 Å². The minimum absolute atomic E-state index is 0.218. The van der Waals surface area contributed by atoms with Crippen molar-refractivity contribution in [3.63, 3.8) is 0 Å². The quantitative estimate of drug-likeness (QED) is 0.425. The molecule has 5 N–H and O–H groups in total. The van der Waals surface area contributed by atoms with Gasteiger partial charge in [0, 0.05) is 6.54 Å². The Balaban J connectivity index is 2.01. The van der Waals surface area contributed by atoms with Crippen molar-refractivity contribution in [2.45, 2.75) is 44.6 Å². The third-order valence-electron chi connectivity index (χ3n) is 3.29. The van der Waals surface area contributed by atoms with E-state index in [2.05, 4.69) is 25.7 Å². The molecular formula is C12H22N6O2. The third kappa shape index (κ3) is 3.91. The second kappa shape index (κ2) is 6.67. The van der Waals surface area contributed by atoms with Crippen LogP contribution < -0.4 is 21.3 Å². The van der Waals surface area contributed by atoms with Crippen molar-refractivity contribution < 1.29 is 9.84 Å². The number of nitrogens with two attached hydrogens (primary N) is 1. The fourth-order valence-corrected chi connectivity index (χ4v) is 2.21. The number of hydrogen-bond acceptors (Lipinski definition) is 8. The number of rotatable bonds is 7. The van der Waals surface area contributed by atoms with Crippen molar-refractivity contribution in [1.82, 2.24) is 15.0 Å². The van der Waals surface area contributed by atoms with E-state index in [1.165, 1.54) is 0 Å². The summed E-state index contributed by atoms with van der Waals surface area (Å²) in [7, 11) is 0. The molecule has 2 rings (SSSR count). The molecule has 0 radical (unpaired) electrons. The van der Waals surface area contributed by atoms with Crippen LogP contribution in [0.4, 0.5) is 11.9 Å². The van der Waals surface area contributed by atoms with E-state index in [0.717, 1.165) is 32.1 Å². The highest BCUT2D eigenvalue weighted by Crippen LogP contribution is 2.29. The van der Waals surface area contributed by atoms with Crippen LogP contribution in [0.2, 0.25) is 0 Å². The van der Waals surface area contributed by atoms with Crippen molar-refractivity contribution in [1.29, 1.82) is 0 Å². The van der Waals surface area contributed by atoms with E-state index in [9.17, 15) is 5.11 Å². The average Bonchev–Trinajstić information content (AvgIpc) is 2.90. The predicted octanol–water partition coefficient (Wildman–Crippen LogP) is 0.663. The van der Waals surface area contributed by atoms with Gasteiger partial charge in [0.25, 0.3) is 0 Å². The highest BCUT2D eigenvalue weighted by Gasteiger charge is 2.31. The number of hydrogen-bond donors (Lipinski definition) is 4. The predicted molar refractivity (Wildman–Crippen MR) is 75.3 cm³/mol. The molecule has 8 heteroatoms. The van der Waals surface area contributed by atoms with Crippen molar-refractivity contribution in [3.8, 4) is 6.01 Å². The van der Waals surface area contributed by atoms with E-state index in [4.69, 9.17) is 10.6 Å². The molecule has 8 nitrogen and oxygen atoms in total. The molecule has 0 amide bonds. The molecule has 0 unspecified atom stereocenters. The Hall–Kier alpha value is -1.67. The fourth-order valence-electron chi connectivity index (χ4n) is 2.21. The van der Waals surface area contributed by atoms with Gasteiger partial charge in [0.05, 0.1) is 12.2 Å². The van der Waals surface area contributed by atoms with E-state index < -0.39 is 5.60 Å². The molecule has 1 aliphatic carbocycles. The zero-order valence-corrected chi connectivity index (χ0v) is 11.7. The summed E-state index contributed by atoms with van der Waals surface area (Å²) in [6, 6.07) is 0.218. The average molecular weight is 282 g/mol. The van der Waals surface area contributed by atoms with Crippen molar-refractivity contribution in [3.05, 3.63) is 0 Å².